The van der Waals surface area contributed by atoms with Crippen LogP contribution in [0.2, 0.25) is 0 Å². The highest BCUT2D eigenvalue weighted by atomic mass is 32.1. The molecule has 2 heterocycles. The zero-order valence-electron chi connectivity index (χ0n) is 15.2. The van der Waals surface area contributed by atoms with Crippen molar-refractivity contribution in [2.75, 3.05) is 42.7 Å². The van der Waals surface area contributed by atoms with E-state index in [1.807, 2.05) is 6.92 Å². The molecule has 1 aromatic rings. The molecule has 0 spiro atoms. The number of benzene rings is 1. The molecule has 0 radical (unpaired) electrons. The molecule has 2 N–H and O–H groups in total. The highest BCUT2D eigenvalue weighted by molar-refractivity contribution is 7.80. The van der Waals surface area contributed by atoms with Crippen molar-refractivity contribution in [1.29, 1.82) is 0 Å². The van der Waals surface area contributed by atoms with Gasteiger partial charge in [-0.2, -0.15) is 0 Å². The molecule has 28 heavy (non-hydrogen) atoms. The molecular formula is C17H20F2N4O4S. The van der Waals surface area contributed by atoms with Crippen molar-refractivity contribution in [1.82, 2.24) is 10.6 Å². The number of nitrogens with one attached hydrogen (secondary N) is 2. The smallest absolute Gasteiger partial charge is 0.414 e. The summed E-state index contributed by atoms with van der Waals surface area (Å²) in [5.41, 5.74) is -0.277. The van der Waals surface area contributed by atoms with Gasteiger partial charge in [-0.05, 0) is 18.6 Å². The normalized spacial score (nSPS) is 18.9. The summed E-state index contributed by atoms with van der Waals surface area (Å²) in [6, 6.07) is 2.10. The molecule has 2 aliphatic heterocycles. The molecule has 0 aliphatic carbocycles. The van der Waals surface area contributed by atoms with Gasteiger partial charge < -0.3 is 25.0 Å². The van der Waals surface area contributed by atoms with Crippen LogP contribution in [0, 0.1) is 11.6 Å². The van der Waals surface area contributed by atoms with Crippen molar-refractivity contribution in [2.45, 2.75) is 19.4 Å². The second-order valence-electron chi connectivity index (χ2n) is 6.35. The number of thiocarbonyl (C=S) groups is 1. The summed E-state index contributed by atoms with van der Waals surface area (Å²) in [6.45, 7) is 2.63. The summed E-state index contributed by atoms with van der Waals surface area (Å²) < 4.78 is 39.4. The molecule has 1 aromatic carbocycles. The third-order valence-corrected chi connectivity index (χ3v) is 4.48. The molecule has 0 aromatic heterocycles. The summed E-state index contributed by atoms with van der Waals surface area (Å²) in [5.74, 6) is -2.05. The lowest BCUT2D eigenvalue weighted by molar-refractivity contribution is -0.118. The standard InChI is InChI=1S/C17H20F2N4O4S/c1-2-3-26-16(28)20-6-11-7-23(17(25)27-11)10-4-12(18)15(13(19)5-10)22-8-14(24)21-9-22/h4-5,11H,2-3,6-9H2,1H3,(H,20,28)(H,21,24)/t11-/m1/s1. The maximum Gasteiger partial charge on any atom is 0.414 e. The Hall–Kier alpha value is -2.69. The molecular weight excluding hydrogens is 394 g/mol. The summed E-state index contributed by atoms with van der Waals surface area (Å²) >= 11 is 5.00. The van der Waals surface area contributed by atoms with Crippen molar-refractivity contribution in [3.8, 4) is 0 Å². The molecule has 0 unspecified atom stereocenters. The number of hydrogen-bond acceptors (Lipinski definition) is 6. The average molecular weight is 414 g/mol. The molecule has 0 bridgehead atoms. The Morgan fingerprint density at radius 1 is 1.39 bits per heavy atom. The van der Waals surface area contributed by atoms with Gasteiger partial charge in [0.25, 0.3) is 5.17 Å². The molecule has 3 rings (SSSR count). The van der Waals surface area contributed by atoms with E-state index in [0.717, 1.165) is 23.5 Å². The number of cyclic esters (lactones) is 1. The fraction of sp³-hybridized carbons (Fsp3) is 0.471. The summed E-state index contributed by atoms with van der Waals surface area (Å²) in [6.07, 6.45) is -0.457. The molecule has 11 heteroatoms. The number of carbonyl (C=O) groups is 2. The molecule has 2 fully saturated rings. The molecule has 8 nitrogen and oxygen atoms in total. The van der Waals surface area contributed by atoms with Gasteiger partial charge in [0.2, 0.25) is 5.91 Å². The first-order chi connectivity index (χ1) is 13.4. The fourth-order valence-corrected chi connectivity index (χ4v) is 3.09. The number of nitrogens with zero attached hydrogens (tertiary/aromatic N) is 2. The minimum atomic E-state index is -0.866. The second kappa shape index (κ2) is 8.55. The molecule has 0 saturated carbocycles. The molecule has 2 saturated heterocycles. The van der Waals surface area contributed by atoms with Crippen molar-refractivity contribution in [3.05, 3.63) is 23.8 Å². The van der Waals surface area contributed by atoms with Gasteiger partial charge in [0.05, 0.1) is 38.6 Å². The average Bonchev–Trinajstić information content (AvgIpc) is 3.23. The summed E-state index contributed by atoms with van der Waals surface area (Å²) in [7, 11) is 0. The van der Waals surface area contributed by atoms with Crippen LogP contribution in [-0.2, 0) is 14.3 Å². The Labute approximate surface area is 165 Å². The van der Waals surface area contributed by atoms with Crippen LogP contribution in [0.5, 0.6) is 0 Å². The van der Waals surface area contributed by atoms with Crippen LogP contribution < -0.4 is 20.4 Å². The lowest BCUT2D eigenvalue weighted by Gasteiger charge is -2.20. The molecule has 152 valence electrons. The van der Waals surface area contributed by atoms with Crippen LogP contribution in [0.4, 0.5) is 25.0 Å². The van der Waals surface area contributed by atoms with E-state index >= 15 is 0 Å². The van der Waals surface area contributed by atoms with Crippen LogP contribution in [0.1, 0.15) is 13.3 Å². The topological polar surface area (TPSA) is 83.1 Å². The van der Waals surface area contributed by atoms with Crippen LogP contribution in [0.25, 0.3) is 0 Å². The largest absolute Gasteiger partial charge is 0.471 e. The van der Waals surface area contributed by atoms with Crippen molar-refractivity contribution < 1.29 is 27.8 Å². The number of halogens is 2. The lowest BCUT2D eigenvalue weighted by atomic mass is 10.2. The maximum atomic E-state index is 14.5. The minimum absolute atomic E-state index is 0.0194. The van der Waals surface area contributed by atoms with Gasteiger partial charge in [0.1, 0.15) is 11.8 Å². The van der Waals surface area contributed by atoms with Gasteiger partial charge in [0.15, 0.2) is 11.6 Å². The number of anilines is 2. The first-order valence-corrected chi connectivity index (χ1v) is 9.19. The number of hydrogen-bond donors (Lipinski definition) is 2. The summed E-state index contributed by atoms with van der Waals surface area (Å²) in [5, 5.41) is 5.52. The van der Waals surface area contributed by atoms with Crippen LogP contribution in [0.15, 0.2) is 12.1 Å². The SMILES string of the molecule is CCCOC(=S)NC[C@@H]1CN(c2cc(F)c(N3CNC(=O)C3)c(F)c2)C(=O)O1. The Morgan fingerprint density at radius 3 is 2.71 bits per heavy atom. The van der Waals surface area contributed by atoms with Gasteiger partial charge >= 0.3 is 6.09 Å². The Balaban J connectivity index is 1.66. The molecule has 1 atom stereocenters. The van der Waals surface area contributed by atoms with Gasteiger partial charge in [0, 0.05) is 12.1 Å². The van der Waals surface area contributed by atoms with E-state index in [2.05, 4.69) is 10.6 Å². The van der Waals surface area contributed by atoms with Crippen molar-refractivity contribution >= 4 is 40.8 Å². The van der Waals surface area contributed by atoms with E-state index in [-0.39, 0.29) is 48.8 Å². The van der Waals surface area contributed by atoms with Crippen molar-refractivity contribution in [2.24, 2.45) is 0 Å². The quantitative estimate of drug-likeness (QED) is 0.683. The maximum absolute atomic E-state index is 14.5. The predicted octanol–water partition coefficient (Wildman–Crippen LogP) is 1.48. The monoisotopic (exact) mass is 414 g/mol. The van der Waals surface area contributed by atoms with Gasteiger partial charge in [-0.25, -0.2) is 13.6 Å². The first-order valence-electron chi connectivity index (χ1n) is 8.78. The van der Waals surface area contributed by atoms with Gasteiger partial charge in [-0.3, -0.25) is 9.69 Å². The predicted molar refractivity (Wildman–Crippen MR) is 101 cm³/mol. The van der Waals surface area contributed by atoms with Gasteiger partial charge in [-0.1, -0.05) is 6.92 Å². The highest BCUT2D eigenvalue weighted by Crippen LogP contribution is 2.31. The summed E-state index contributed by atoms with van der Waals surface area (Å²) in [4.78, 5) is 25.8. The van der Waals surface area contributed by atoms with Crippen LogP contribution in [0.3, 0.4) is 0 Å². The number of rotatable bonds is 6. The number of carbonyl (C=O) groups excluding carboxylic acids is 2. The Kier molecular flexibility index (Phi) is 6.12. The van der Waals surface area contributed by atoms with Gasteiger partial charge in [-0.15, -0.1) is 0 Å². The van der Waals surface area contributed by atoms with E-state index < -0.39 is 23.8 Å². The highest BCUT2D eigenvalue weighted by Gasteiger charge is 2.34. The Morgan fingerprint density at radius 2 is 2.11 bits per heavy atom. The van der Waals surface area contributed by atoms with Crippen LogP contribution >= 0.6 is 12.2 Å². The zero-order chi connectivity index (χ0) is 20.3. The van der Waals surface area contributed by atoms with E-state index in [1.165, 1.54) is 4.90 Å². The third-order valence-electron chi connectivity index (χ3n) is 4.22. The van der Waals surface area contributed by atoms with E-state index in [0.29, 0.717) is 6.61 Å². The lowest BCUT2D eigenvalue weighted by Crippen LogP contribution is -2.35. The number of amides is 2. The van der Waals surface area contributed by atoms with E-state index in [1.54, 1.807) is 0 Å². The molecule has 2 amide bonds. The van der Waals surface area contributed by atoms with E-state index in [4.69, 9.17) is 21.7 Å². The van der Waals surface area contributed by atoms with E-state index in [9.17, 15) is 18.4 Å². The van der Waals surface area contributed by atoms with Crippen LogP contribution in [-0.4, -0.2) is 56.2 Å². The van der Waals surface area contributed by atoms with Crippen molar-refractivity contribution in [3.63, 3.8) is 0 Å². The molecule has 2 aliphatic rings. The fourth-order valence-electron chi connectivity index (χ4n) is 2.92. The zero-order valence-corrected chi connectivity index (χ0v) is 16.0. The first kappa shape index (κ1) is 20.1. The second-order valence-corrected chi connectivity index (χ2v) is 6.72. The number of ether oxygens (including phenoxy) is 2. The Bertz CT molecular complexity index is 771. The third kappa shape index (κ3) is 4.41. The minimum Gasteiger partial charge on any atom is -0.471 e.